The van der Waals surface area contributed by atoms with Gasteiger partial charge in [-0.2, -0.15) is 4.31 Å². The van der Waals surface area contributed by atoms with Crippen molar-refractivity contribution in [3.05, 3.63) is 18.2 Å². The molecule has 9 heteroatoms. The van der Waals surface area contributed by atoms with Gasteiger partial charge in [0.1, 0.15) is 12.6 Å². The van der Waals surface area contributed by atoms with Crippen LogP contribution < -0.4 is 15.1 Å². The number of rotatable bonds is 7. The lowest BCUT2D eigenvalue weighted by molar-refractivity contribution is -0.125. The van der Waals surface area contributed by atoms with Gasteiger partial charge in [0.15, 0.2) is 0 Å². The third kappa shape index (κ3) is 4.75. The number of sulfonamides is 1. The average molecular weight is 477 g/mol. The SMILES string of the molecule is CCN(CC)S(=O)(=O)c1ccc2c(c1)N(CC(=O)NC1CCCCC1)C(=O)C1CCCCN21. The number of piperidine rings is 1. The summed E-state index contributed by atoms with van der Waals surface area (Å²) in [5.74, 6) is -0.291. The van der Waals surface area contributed by atoms with E-state index < -0.39 is 10.0 Å². The summed E-state index contributed by atoms with van der Waals surface area (Å²) in [6.45, 7) is 5.04. The second-order valence-electron chi connectivity index (χ2n) is 9.27. The fourth-order valence-electron chi connectivity index (χ4n) is 5.44. The van der Waals surface area contributed by atoms with Gasteiger partial charge in [-0.3, -0.25) is 14.5 Å². The number of anilines is 2. The monoisotopic (exact) mass is 476 g/mol. The molecule has 1 saturated carbocycles. The summed E-state index contributed by atoms with van der Waals surface area (Å²) in [5, 5.41) is 3.10. The first kappa shape index (κ1) is 24.0. The number of nitrogens with one attached hydrogen (secondary N) is 1. The van der Waals surface area contributed by atoms with Gasteiger partial charge in [0.25, 0.3) is 0 Å². The first-order valence-corrected chi connectivity index (χ1v) is 13.8. The Kier molecular flexibility index (Phi) is 7.28. The highest BCUT2D eigenvalue weighted by Gasteiger charge is 2.41. The third-order valence-corrected chi connectivity index (χ3v) is 9.26. The second-order valence-corrected chi connectivity index (χ2v) is 11.2. The van der Waals surface area contributed by atoms with Gasteiger partial charge in [0, 0.05) is 25.7 Å². The fraction of sp³-hybridized carbons (Fsp3) is 0.667. The summed E-state index contributed by atoms with van der Waals surface area (Å²) >= 11 is 0. The molecule has 1 atom stereocenters. The first-order valence-electron chi connectivity index (χ1n) is 12.4. The molecule has 182 valence electrons. The minimum Gasteiger partial charge on any atom is -0.358 e. The zero-order valence-corrected chi connectivity index (χ0v) is 20.6. The normalized spacial score (nSPS) is 21.7. The molecule has 1 aromatic rings. The van der Waals surface area contributed by atoms with Crippen LogP contribution in [0.1, 0.15) is 65.2 Å². The van der Waals surface area contributed by atoms with E-state index in [4.69, 9.17) is 0 Å². The molecule has 8 nitrogen and oxygen atoms in total. The van der Waals surface area contributed by atoms with Crippen molar-refractivity contribution in [3.8, 4) is 0 Å². The molecule has 0 bridgehead atoms. The Hall–Kier alpha value is -2.13. The Balaban J connectivity index is 1.67. The summed E-state index contributed by atoms with van der Waals surface area (Å²) in [6.07, 6.45) is 8.08. The van der Waals surface area contributed by atoms with E-state index in [0.717, 1.165) is 57.2 Å². The highest BCUT2D eigenvalue weighted by molar-refractivity contribution is 7.89. The van der Waals surface area contributed by atoms with Crippen LogP contribution in [-0.4, -0.2) is 62.8 Å². The van der Waals surface area contributed by atoms with Crippen LogP contribution >= 0.6 is 0 Å². The minimum absolute atomic E-state index is 0.0819. The van der Waals surface area contributed by atoms with Crippen molar-refractivity contribution in [1.82, 2.24) is 9.62 Å². The van der Waals surface area contributed by atoms with Crippen LogP contribution in [0.15, 0.2) is 23.1 Å². The summed E-state index contributed by atoms with van der Waals surface area (Å²) < 4.78 is 27.7. The molecule has 33 heavy (non-hydrogen) atoms. The van der Waals surface area contributed by atoms with E-state index in [-0.39, 0.29) is 35.3 Å². The molecule has 3 aliphatic rings. The van der Waals surface area contributed by atoms with Gasteiger partial charge in [-0.15, -0.1) is 0 Å². The van der Waals surface area contributed by atoms with Crippen molar-refractivity contribution in [2.45, 2.75) is 82.2 Å². The highest BCUT2D eigenvalue weighted by Crippen LogP contribution is 2.41. The fourth-order valence-corrected chi connectivity index (χ4v) is 6.92. The molecule has 2 amide bonds. The van der Waals surface area contributed by atoms with Crippen LogP contribution in [0.5, 0.6) is 0 Å². The molecule has 2 heterocycles. The van der Waals surface area contributed by atoms with E-state index in [1.807, 2.05) is 19.9 Å². The maximum absolute atomic E-state index is 13.5. The largest absolute Gasteiger partial charge is 0.358 e. The number of hydrogen-bond acceptors (Lipinski definition) is 5. The number of carbonyl (C=O) groups excluding carboxylic acids is 2. The Morgan fingerprint density at radius 3 is 2.42 bits per heavy atom. The lowest BCUT2D eigenvalue weighted by Gasteiger charge is -2.45. The number of hydrogen-bond donors (Lipinski definition) is 1. The Morgan fingerprint density at radius 1 is 1.03 bits per heavy atom. The number of amides is 2. The summed E-state index contributed by atoms with van der Waals surface area (Å²) in [6, 6.07) is 4.89. The molecule has 1 saturated heterocycles. The molecule has 2 fully saturated rings. The molecule has 4 rings (SSSR count). The van der Waals surface area contributed by atoms with Crippen LogP contribution in [0.25, 0.3) is 0 Å². The van der Waals surface area contributed by atoms with Gasteiger partial charge in [0.2, 0.25) is 21.8 Å². The van der Waals surface area contributed by atoms with E-state index in [9.17, 15) is 18.0 Å². The second kappa shape index (κ2) is 10.0. The third-order valence-electron chi connectivity index (χ3n) is 7.22. The molecule has 1 aromatic carbocycles. The van der Waals surface area contributed by atoms with E-state index in [1.54, 1.807) is 12.1 Å². The minimum atomic E-state index is -3.68. The maximum Gasteiger partial charge on any atom is 0.250 e. The number of nitrogens with zero attached hydrogens (tertiary/aromatic N) is 3. The van der Waals surface area contributed by atoms with Gasteiger partial charge in [0.05, 0.1) is 16.3 Å². The van der Waals surface area contributed by atoms with E-state index in [1.165, 1.54) is 15.6 Å². The lowest BCUT2D eigenvalue weighted by Crippen LogP contribution is -2.57. The van der Waals surface area contributed by atoms with Crippen molar-refractivity contribution < 1.29 is 18.0 Å². The Labute approximate surface area is 197 Å². The number of benzene rings is 1. The smallest absolute Gasteiger partial charge is 0.250 e. The van der Waals surface area contributed by atoms with Gasteiger partial charge >= 0.3 is 0 Å². The molecule has 0 radical (unpaired) electrons. The van der Waals surface area contributed by atoms with Crippen LogP contribution in [0, 0.1) is 0 Å². The van der Waals surface area contributed by atoms with Gasteiger partial charge in [-0.05, 0) is 50.3 Å². The molecule has 2 aliphatic heterocycles. The van der Waals surface area contributed by atoms with Crippen LogP contribution in [0.4, 0.5) is 11.4 Å². The van der Waals surface area contributed by atoms with Crippen molar-refractivity contribution >= 4 is 33.2 Å². The molecular weight excluding hydrogens is 440 g/mol. The Morgan fingerprint density at radius 2 is 1.73 bits per heavy atom. The number of carbonyl (C=O) groups is 2. The van der Waals surface area contributed by atoms with E-state index in [0.29, 0.717) is 18.8 Å². The van der Waals surface area contributed by atoms with Gasteiger partial charge < -0.3 is 10.2 Å². The quantitative estimate of drug-likeness (QED) is 0.654. The topological polar surface area (TPSA) is 90.0 Å². The van der Waals surface area contributed by atoms with Crippen LogP contribution in [-0.2, 0) is 19.6 Å². The van der Waals surface area contributed by atoms with Crippen molar-refractivity contribution in [2.75, 3.05) is 36.0 Å². The zero-order chi connectivity index (χ0) is 23.6. The predicted molar refractivity (Wildman–Crippen MR) is 129 cm³/mol. The summed E-state index contributed by atoms with van der Waals surface area (Å²) in [7, 11) is -3.68. The van der Waals surface area contributed by atoms with E-state index in [2.05, 4.69) is 10.2 Å². The summed E-state index contributed by atoms with van der Waals surface area (Å²) in [5.41, 5.74) is 1.36. The van der Waals surface area contributed by atoms with Crippen LogP contribution in [0.3, 0.4) is 0 Å². The molecule has 1 N–H and O–H groups in total. The van der Waals surface area contributed by atoms with Crippen molar-refractivity contribution in [1.29, 1.82) is 0 Å². The molecule has 0 aromatic heterocycles. The highest BCUT2D eigenvalue weighted by atomic mass is 32.2. The zero-order valence-electron chi connectivity index (χ0n) is 19.8. The van der Waals surface area contributed by atoms with Crippen LogP contribution in [0.2, 0.25) is 0 Å². The predicted octanol–water partition coefficient (Wildman–Crippen LogP) is 2.87. The maximum atomic E-state index is 13.5. The molecular formula is C24H36N4O4S. The van der Waals surface area contributed by atoms with Crippen molar-refractivity contribution in [3.63, 3.8) is 0 Å². The summed E-state index contributed by atoms with van der Waals surface area (Å²) in [4.78, 5) is 30.2. The molecule has 1 aliphatic carbocycles. The van der Waals surface area contributed by atoms with Gasteiger partial charge in [-0.1, -0.05) is 33.1 Å². The average Bonchev–Trinajstić information content (AvgIpc) is 2.82. The molecule has 1 unspecified atom stereocenters. The lowest BCUT2D eigenvalue weighted by atomic mass is 9.95. The number of fused-ring (bicyclic) bond motifs is 3. The molecule has 0 spiro atoms. The van der Waals surface area contributed by atoms with Crippen molar-refractivity contribution in [2.24, 2.45) is 0 Å². The first-order chi connectivity index (χ1) is 15.9. The van der Waals surface area contributed by atoms with E-state index >= 15 is 0 Å². The van der Waals surface area contributed by atoms with Gasteiger partial charge in [-0.25, -0.2) is 8.42 Å². The standard InChI is InChI=1S/C24H36N4O4S/c1-3-26(4-2)33(31,32)19-13-14-20-22(16-19)28(24(30)21-12-8-9-15-27(20)21)17-23(29)25-18-10-6-5-7-11-18/h13-14,16,18,21H,3-12,15,17H2,1-2H3,(H,25,29). The Bertz CT molecular complexity index is 986.